The average molecular weight is 350 g/mol. The zero-order valence-corrected chi connectivity index (χ0v) is 16.2. The van der Waals surface area contributed by atoms with E-state index >= 15 is 0 Å². The maximum Gasteiger partial charge on any atom is 0.240 e. The van der Waals surface area contributed by atoms with Gasteiger partial charge in [0.2, 0.25) is 5.91 Å². The second-order valence-corrected chi connectivity index (χ2v) is 7.94. The summed E-state index contributed by atoms with van der Waals surface area (Å²) in [4.78, 5) is 18.7. The van der Waals surface area contributed by atoms with E-state index in [0.29, 0.717) is 18.2 Å². The first-order chi connectivity index (χ1) is 11.2. The van der Waals surface area contributed by atoms with Crippen molar-refractivity contribution in [3.63, 3.8) is 0 Å². The Morgan fingerprint density at radius 2 is 2.12 bits per heavy atom. The number of nitrogens with one attached hydrogen (secondary N) is 1. The van der Waals surface area contributed by atoms with Crippen LogP contribution in [0.15, 0.2) is 11.6 Å². The third kappa shape index (κ3) is 4.64. The molecular formula is C17H27N5OS. The Labute approximate surface area is 147 Å². The Bertz CT molecular complexity index is 698. The van der Waals surface area contributed by atoms with E-state index in [1.165, 1.54) is 11.3 Å². The third-order valence-electron chi connectivity index (χ3n) is 3.88. The minimum atomic E-state index is -0.0483. The molecule has 0 spiro atoms. The second kappa shape index (κ2) is 7.44. The molecule has 2 rings (SSSR count). The van der Waals surface area contributed by atoms with Crippen LogP contribution in [0.1, 0.15) is 44.6 Å². The van der Waals surface area contributed by atoms with Crippen LogP contribution in [0.4, 0.5) is 5.13 Å². The lowest BCUT2D eigenvalue weighted by Crippen LogP contribution is -2.30. The van der Waals surface area contributed by atoms with Crippen LogP contribution in [0.5, 0.6) is 0 Å². The summed E-state index contributed by atoms with van der Waals surface area (Å²) >= 11 is 1.47. The van der Waals surface area contributed by atoms with Crippen molar-refractivity contribution in [2.45, 2.75) is 53.1 Å². The fraction of sp³-hybridized carbons (Fsp3) is 0.588. The van der Waals surface area contributed by atoms with Gasteiger partial charge in [-0.05, 0) is 20.9 Å². The molecule has 0 aliphatic heterocycles. The molecule has 0 unspecified atom stereocenters. The van der Waals surface area contributed by atoms with E-state index in [9.17, 15) is 4.79 Å². The molecule has 132 valence electrons. The molecule has 0 saturated heterocycles. The van der Waals surface area contributed by atoms with Crippen LogP contribution in [-0.4, -0.2) is 39.2 Å². The Kier molecular flexibility index (Phi) is 5.77. The summed E-state index contributed by atoms with van der Waals surface area (Å²) in [6.07, 6.45) is 1.88. The first kappa shape index (κ1) is 18.6. The fourth-order valence-corrected chi connectivity index (χ4v) is 3.34. The van der Waals surface area contributed by atoms with Gasteiger partial charge in [-0.1, -0.05) is 20.8 Å². The van der Waals surface area contributed by atoms with E-state index < -0.39 is 0 Å². The number of nitrogens with zero attached hydrogens (tertiary/aromatic N) is 4. The molecule has 1 N–H and O–H groups in total. The number of rotatable bonds is 6. The summed E-state index contributed by atoms with van der Waals surface area (Å²) in [6.45, 7) is 12.3. The second-order valence-electron chi connectivity index (χ2n) is 7.08. The van der Waals surface area contributed by atoms with Crippen molar-refractivity contribution in [2.24, 2.45) is 0 Å². The van der Waals surface area contributed by atoms with Crippen molar-refractivity contribution >= 4 is 22.4 Å². The van der Waals surface area contributed by atoms with Crippen molar-refractivity contribution in [1.82, 2.24) is 19.7 Å². The minimum absolute atomic E-state index is 0.00672. The van der Waals surface area contributed by atoms with E-state index in [1.54, 1.807) is 0 Å². The topological polar surface area (TPSA) is 63.1 Å². The van der Waals surface area contributed by atoms with Gasteiger partial charge in [0.15, 0.2) is 5.13 Å². The Hall–Kier alpha value is -1.73. The molecule has 0 aromatic carbocycles. The molecule has 0 radical (unpaired) electrons. The maximum atomic E-state index is 12.2. The first-order valence-electron chi connectivity index (χ1n) is 8.16. The molecule has 2 aromatic heterocycles. The van der Waals surface area contributed by atoms with Gasteiger partial charge in [0.05, 0.1) is 18.4 Å². The lowest BCUT2D eigenvalue weighted by atomic mass is 9.93. The molecule has 1 amide bonds. The highest BCUT2D eigenvalue weighted by atomic mass is 32.1. The number of carbonyl (C=O) groups excluding carboxylic acids is 1. The van der Waals surface area contributed by atoms with Crippen molar-refractivity contribution in [2.75, 3.05) is 18.9 Å². The highest BCUT2D eigenvalue weighted by molar-refractivity contribution is 7.13. The van der Waals surface area contributed by atoms with E-state index in [0.717, 1.165) is 23.5 Å². The number of hydrogen-bond donors (Lipinski definition) is 1. The van der Waals surface area contributed by atoms with Crippen LogP contribution in [0, 0.1) is 6.92 Å². The van der Waals surface area contributed by atoms with E-state index in [2.05, 4.69) is 50.0 Å². The molecule has 0 bridgehead atoms. The van der Waals surface area contributed by atoms with Crippen molar-refractivity contribution in [1.29, 1.82) is 0 Å². The summed E-state index contributed by atoms with van der Waals surface area (Å²) in [5.74, 6) is -0.0483. The number of carbonyl (C=O) groups is 1. The number of thiazole rings is 1. The quantitative estimate of drug-likeness (QED) is 0.871. The number of hydrogen-bond acceptors (Lipinski definition) is 5. The lowest BCUT2D eigenvalue weighted by Gasteiger charge is -2.16. The zero-order chi connectivity index (χ0) is 17.9. The predicted molar refractivity (Wildman–Crippen MR) is 98.4 cm³/mol. The Morgan fingerprint density at radius 3 is 2.67 bits per heavy atom. The molecule has 7 heteroatoms. The van der Waals surface area contributed by atoms with Crippen molar-refractivity contribution in [3.05, 3.63) is 28.5 Å². The summed E-state index contributed by atoms with van der Waals surface area (Å²) in [6, 6.07) is 0. The van der Waals surface area contributed by atoms with Crippen molar-refractivity contribution < 1.29 is 4.79 Å². The van der Waals surface area contributed by atoms with Crippen LogP contribution in [0.3, 0.4) is 0 Å². The zero-order valence-electron chi connectivity index (χ0n) is 15.4. The van der Waals surface area contributed by atoms with Crippen LogP contribution in [0.2, 0.25) is 0 Å². The van der Waals surface area contributed by atoms with Gasteiger partial charge in [-0.25, -0.2) is 4.98 Å². The Morgan fingerprint density at radius 1 is 1.42 bits per heavy atom. The Balaban J connectivity index is 1.89. The monoisotopic (exact) mass is 349 g/mol. The van der Waals surface area contributed by atoms with Gasteiger partial charge in [0.25, 0.3) is 0 Å². The molecular weight excluding hydrogens is 322 g/mol. The van der Waals surface area contributed by atoms with Gasteiger partial charge in [-0.15, -0.1) is 11.3 Å². The fourth-order valence-electron chi connectivity index (χ4n) is 2.39. The number of aryl methyl sites for hydroxylation is 1. The van der Waals surface area contributed by atoms with E-state index in [4.69, 9.17) is 0 Å². The van der Waals surface area contributed by atoms with Gasteiger partial charge < -0.3 is 5.32 Å². The molecule has 24 heavy (non-hydrogen) atoms. The summed E-state index contributed by atoms with van der Waals surface area (Å²) in [5.41, 5.74) is 3.29. The standard InChI is InChI=1S/C17H27N5OS/c1-7-22-12(2)13(8-18-22)9-21(6)10-15(23)20-16-19-14(11-24-16)17(3,4)5/h8,11H,7,9-10H2,1-6H3,(H,19,20,23). The molecule has 0 atom stereocenters. The average Bonchev–Trinajstić information content (AvgIpc) is 3.06. The third-order valence-corrected chi connectivity index (χ3v) is 4.63. The molecule has 0 aliphatic rings. The van der Waals surface area contributed by atoms with Crippen LogP contribution in [0.25, 0.3) is 0 Å². The first-order valence-corrected chi connectivity index (χ1v) is 9.04. The van der Waals surface area contributed by atoms with Gasteiger partial charge in [0.1, 0.15) is 0 Å². The van der Waals surface area contributed by atoms with Gasteiger partial charge in [-0.3, -0.25) is 14.4 Å². The summed E-state index contributed by atoms with van der Waals surface area (Å²) in [5, 5.41) is 9.89. The summed E-state index contributed by atoms with van der Waals surface area (Å²) < 4.78 is 1.97. The number of likely N-dealkylation sites (N-methyl/N-ethyl adjacent to an activating group) is 1. The van der Waals surface area contributed by atoms with Gasteiger partial charge >= 0.3 is 0 Å². The molecule has 2 heterocycles. The largest absolute Gasteiger partial charge is 0.301 e. The normalized spacial score (nSPS) is 12.0. The molecule has 0 saturated carbocycles. The summed E-state index contributed by atoms with van der Waals surface area (Å²) in [7, 11) is 1.94. The van der Waals surface area contributed by atoms with E-state index in [1.807, 2.05) is 28.2 Å². The van der Waals surface area contributed by atoms with E-state index in [-0.39, 0.29) is 11.3 Å². The van der Waals surface area contributed by atoms with Crippen molar-refractivity contribution in [3.8, 4) is 0 Å². The molecule has 0 fully saturated rings. The highest BCUT2D eigenvalue weighted by Crippen LogP contribution is 2.26. The van der Waals surface area contributed by atoms with Crippen LogP contribution < -0.4 is 5.32 Å². The molecule has 2 aromatic rings. The highest BCUT2D eigenvalue weighted by Gasteiger charge is 2.18. The SMILES string of the molecule is CCn1ncc(CN(C)CC(=O)Nc2nc(C(C)(C)C)cs2)c1C. The minimum Gasteiger partial charge on any atom is -0.301 e. The van der Waals surface area contributed by atoms with Gasteiger partial charge in [0, 0.05) is 35.1 Å². The van der Waals surface area contributed by atoms with Crippen LogP contribution >= 0.6 is 11.3 Å². The lowest BCUT2D eigenvalue weighted by molar-refractivity contribution is -0.117. The van der Waals surface area contributed by atoms with Gasteiger partial charge in [-0.2, -0.15) is 5.10 Å². The number of aromatic nitrogens is 3. The van der Waals surface area contributed by atoms with Crippen LogP contribution in [-0.2, 0) is 23.3 Å². The predicted octanol–water partition coefficient (Wildman–Crippen LogP) is 3.04. The molecule has 6 nitrogen and oxygen atoms in total. The molecule has 0 aliphatic carbocycles. The smallest absolute Gasteiger partial charge is 0.240 e. The number of amides is 1. The maximum absolute atomic E-state index is 12.2. The number of anilines is 1.